The Bertz CT molecular complexity index is 784. The third-order valence-electron chi connectivity index (χ3n) is 2.90. The number of rotatable bonds is 3. The summed E-state index contributed by atoms with van der Waals surface area (Å²) in [4.78, 5) is 15.2. The SMILES string of the molecule is O=C(O)c1nnn(-c2ccc(F)cc2)c1-c1ccncc1. The summed E-state index contributed by atoms with van der Waals surface area (Å²) in [5, 5.41) is 16.8. The second-order valence-corrected chi connectivity index (χ2v) is 4.22. The van der Waals surface area contributed by atoms with Gasteiger partial charge in [-0.3, -0.25) is 4.98 Å². The van der Waals surface area contributed by atoms with Crippen LogP contribution in [0.15, 0.2) is 48.8 Å². The summed E-state index contributed by atoms with van der Waals surface area (Å²) in [5.41, 5.74) is 1.27. The zero-order chi connectivity index (χ0) is 14.8. The van der Waals surface area contributed by atoms with Crippen LogP contribution in [0.4, 0.5) is 4.39 Å². The van der Waals surface area contributed by atoms with Gasteiger partial charge in [-0.05, 0) is 36.4 Å². The molecule has 0 spiro atoms. The first-order valence-corrected chi connectivity index (χ1v) is 6.02. The second kappa shape index (κ2) is 5.12. The first-order chi connectivity index (χ1) is 10.2. The molecule has 0 bridgehead atoms. The minimum Gasteiger partial charge on any atom is -0.476 e. The summed E-state index contributed by atoms with van der Waals surface area (Å²) in [6.07, 6.45) is 3.09. The van der Waals surface area contributed by atoms with Crippen molar-refractivity contribution in [1.29, 1.82) is 0 Å². The second-order valence-electron chi connectivity index (χ2n) is 4.22. The maximum Gasteiger partial charge on any atom is 0.358 e. The van der Waals surface area contributed by atoms with Crippen molar-refractivity contribution in [2.45, 2.75) is 0 Å². The Morgan fingerprint density at radius 1 is 1.10 bits per heavy atom. The van der Waals surface area contributed by atoms with Gasteiger partial charge in [-0.15, -0.1) is 5.10 Å². The molecule has 1 N–H and O–H groups in total. The first-order valence-electron chi connectivity index (χ1n) is 6.02. The zero-order valence-electron chi connectivity index (χ0n) is 10.6. The molecule has 0 aliphatic rings. The Hall–Kier alpha value is -3.09. The summed E-state index contributed by atoms with van der Waals surface area (Å²) in [7, 11) is 0. The molecule has 7 heteroatoms. The van der Waals surface area contributed by atoms with Crippen LogP contribution in [0.25, 0.3) is 16.9 Å². The fourth-order valence-electron chi connectivity index (χ4n) is 1.96. The van der Waals surface area contributed by atoms with Gasteiger partial charge in [0, 0.05) is 18.0 Å². The van der Waals surface area contributed by atoms with Gasteiger partial charge in [-0.25, -0.2) is 13.9 Å². The van der Waals surface area contributed by atoms with Crippen molar-refractivity contribution < 1.29 is 14.3 Å². The largest absolute Gasteiger partial charge is 0.476 e. The number of nitrogens with zero attached hydrogens (tertiary/aromatic N) is 4. The number of aromatic carboxylic acids is 1. The van der Waals surface area contributed by atoms with Crippen LogP contribution in [0.1, 0.15) is 10.5 Å². The van der Waals surface area contributed by atoms with E-state index in [1.165, 1.54) is 28.9 Å². The van der Waals surface area contributed by atoms with E-state index in [9.17, 15) is 14.3 Å². The summed E-state index contributed by atoms with van der Waals surface area (Å²) >= 11 is 0. The average molecular weight is 284 g/mol. The standard InChI is InChI=1S/C14H9FN4O2/c15-10-1-3-11(4-2-10)19-13(9-5-7-16-8-6-9)12(14(20)21)17-18-19/h1-8H,(H,20,21). The van der Waals surface area contributed by atoms with Gasteiger partial charge in [0.25, 0.3) is 0 Å². The Balaban J connectivity index is 2.22. The predicted molar refractivity (Wildman–Crippen MR) is 71.5 cm³/mol. The molecular weight excluding hydrogens is 275 g/mol. The van der Waals surface area contributed by atoms with E-state index in [1.807, 2.05) is 0 Å². The molecule has 0 unspecified atom stereocenters. The number of carboxylic acid groups (broad SMARTS) is 1. The van der Waals surface area contributed by atoms with Gasteiger partial charge in [0.1, 0.15) is 11.5 Å². The summed E-state index contributed by atoms with van der Waals surface area (Å²) in [5.74, 6) is -1.57. The highest BCUT2D eigenvalue weighted by atomic mass is 19.1. The number of hydrogen-bond acceptors (Lipinski definition) is 4. The average Bonchev–Trinajstić information content (AvgIpc) is 2.94. The zero-order valence-corrected chi connectivity index (χ0v) is 10.6. The molecule has 0 aliphatic carbocycles. The van der Waals surface area contributed by atoms with Gasteiger partial charge >= 0.3 is 5.97 Å². The number of halogens is 1. The van der Waals surface area contributed by atoms with Crippen LogP contribution in [0.5, 0.6) is 0 Å². The Morgan fingerprint density at radius 2 is 1.76 bits per heavy atom. The van der Waals surface area contributed by atoms with Crippen molar-refractivity contribution in [3.63, 3.8) is 0 Å². The Morgan fingerprint density at radius 3 is 2.38 bits per heavy atom. The molecule has 0 saturated heterocycles. The minimum atomic E-state index is -1.19. The topological polar surface area (TPSA) is 80.9 Å². The van der Waals surface area contributed by atoms with Crippen molar-refractivity contribution in [2.75, 3.05) is 0 Å². The van der Waals surface area contributed by atoms with Crippen LogP contribution in [0, 0.1) is 5.82 Å². The van der Waals surface area contributed by atoms with Crippen LogP contribution in [-0.2, 0) is 0 Å². The van der Waals surface area contributed by atoms with Crippen LogP contribution in [0.2, 0.25) is 0 Å². The molecule has 104 valence electrons. The van der Waals surface area contributed by atoms with E-state index in [-0.39, 0.29) is 11.5 Å². The number of hydrogen-bond donors (Lipinski definition) is 1. The number of benzene rings is 1. The quantitative estimate of drug-likeness (QED) is 0.797. The Kier molecular flexibility index (Phi) is 3.15. The smallest absolute Gasteiger partial charge is 0.358 e. The molecule has 1 aromatic carbocycles. The van der Waals surface area contributed by atoms with Gasteiger partial charge < -0.3 is 5.11 Å². The molecule has 6 nitrogen and oxygen atoms in total. The number of carbonyl (C=O) groups is 1. The van der Waals surface area contributed by atoms with Crippen molar-refractivity contribution in [1.82, 2.24) is 20.0 Å². The van der Waals surface area contributed by atoms with Crippen molar-refractivity contribution >= 4 is 5.97 Å². The number of pyridine rings is 1. The fourth-order valence-corrected chi connectivity index (χ4v) is 1.96. The molecule has 3 rings (SSSR count). The molecule has 0 atom stereocenters. The van der Waals surface area contributed by atoms with E-state index in [0.717, 1.165) is 0 Å². The minimum absolute atomic E-state index is 0.175. The molecule has 0 amide bonds. The monoisotopic (exact) mass is 284 g/mol. The van der Waals surface area contributed by atoms with Crippen LogP contribution >= 0.6 is 0 Å². The highest BCUT2D eigenvalue weighted by Crippen LogP contribution is 2.24. The van der Waals surface area contributed by atoms with E-state index in [2.05, 4.69) is 15.3 Å². The fraction of sp³-hybridized carbons (Fsp3) is 0. The molecule has 0 aliphatic heterocycles. The summed E-state index contributed by atoms with van der Waals surface area (Å²) in [6, 6.07) is 8.86. The highest BCUT2D eigenvalue weighted by molar-refractivity contribution is 5.93. The van der Waals surface area contributed by atoms with E-state index in [4.69, 9.17) is 0 Å². The lowest BCUT2D eigenvalue weighted by Crippen LogP contribution is -2.03. The third kappa shape index (κ3) is 2.36. The lowest BCUT2D eigenvalue weighted by Gasteiger charge is -2.07. The maximum absolute atomic E-state index is 13.0. The van der Waals surface area contributed by atoms with Crippen molar-refractivity contribution in [2.24, 2.45) is 0 Å². The van der Waals surface area contributed by atoms with Crippen LogP contribution in [-0.4, -0.2) is 31.1 Å². The van der Waals surface area contributed by atoms with Gasteiger partial charge in [0.05, 0.1) is 5.69 Å². The van der Waals surface area contributed by atoms with E-state index in [0.29, 0.717) is 16.9 Å². The molecule has 2 aromatic heterocycles. The van der Waals surface area contributed by atoms with Crippen molar-refractivity contribution in [3.05, 3.63) is 60.3 Å². The number of aromatic nitrogens is 4. The lowest BCUT2D eigenvalue weighted by molar-refractivity contribution is 0.0691. The van der Waals surface area contributed by atoms with Gasteiger partial charge in [0.15, 0.2) is 5.69 Å². The molecular formula is C14H9FN4O2. The predicted octanol–water partition coefficient (Wildman–Crippen LogP) is 2.17. The normalized spacial score (nSPS) is 10.5. The third-order valence-corrected chi connectivity index (χ3v) is 2.90. The van der Waals surface area contributed by atoms with Gasteiger partial charge in [-0.1, -0.05) is 5.21 Å². The summed E-state index contributed by atoms with van der Waals surface area (Å²) in [6.45, 7) is 0. The lowest BCUT2D eigenvalue weighted by atomic mass is 10.1. The first kappa shape index (κ1) is 12.9. The molecule has 0 fully saturated rings. The van der Waals surface area contributed by atoms with Gasteiger partial charge in [0.2, 0.25) is 0 Å². The Labute approximate surface area is 118 Å². The van der Waals surface area contributed by atoms with Gasteiger partial charge in [-0.2, -0.15) is 0 Å². The van der Waals surface area contributed by atoms with Crippen LogP contribution in [0.3, 0.4) is 0 Å². The van der Waals surface area contributed by atoms with E-state index < -0.39 is 5.97 Å². The molecule has 2 heterocycles. The molecule has 0 radical (unpaired) electrons. The van der Waals surface area contributed by atoms with Crippen molar-refractivity contribution in [3.8, 4) is 16.9 Å². The maximum atomic E-state index is 13.0. The molecule has 3 aromatic rings. The number of carboxylic acids is 1. The van der Waals surface area contributed by atoms with Crippen LogP contribution < -0.4 is 0 Å². The molecule has 0 saturated carbocycles. The van der Waals surface area contributed by atoms with E-state index >= 15 is 0 Å². The highest BCUT2D eigenvalue weighted by Gasteiger charge is 2.21. The van der Waals surface area contributed by atoms with E-state index in [1.54, 1.807) is 24.5 Å². The summed E-state index contributed by atoms with van der Waals surface area (Å²) < 4.78 is 14.4. The molecule has 21 heavy (non-hydrogen) atoms.